The molecule has 0 amide bonds. The standard InChI is InChI=1S/C22H35NO6/c1-18(2)22(17-23,7-4-8-24)20-5-6-21(19(15-20)16-25)29-14-13-28-12-11-27-10-9-26-3/h5-6,15,18,24-25H,4,7-14,16H2,1-3H3. The van der Waals surface area contributed by atoms with E-state index in [9.17, 15) is 15.5 Å². The SMILES string of the molecule is COCCOCCOCCOc1ccc(C(C#N)(CCCO)C(C)C)cc1CO. The van der Waals surface area contributed by atoms with Crippen molar-refractivity contribution < 1.29 is 29.2 Å². The molecule has 7 nitrogen and oxygen atoms in total. The summed E-state index contributed by atoms with van der Waals surface area (Å²) < 4.78 is 21.4. The molecule has 0 aliphatic heterocycles. The number of benzene rings is 1. The van der Waals surface area contributed by atoms with E-state index in [4.69, 9.17) is 18.9 Å². The highest BCUT2D eigenvalue weighted by Crippen LogP contribution is 2.38. The van der Waals surface area contributed by atoms with Gasteiger partial charge in [-0.15, -0.1) is 0 Å². The molecule has 0 aliphatic rings. The summed E-state index contributed by atoms with van der Waals surface area (Å²) in [6.07, 6.45) is 1.11. The molecule has 0 radical (unpaired) electrons. The molecule has 1 rings (SSSR count). The summed E-state index contributed by atoms with van der Waals surface area (Å²) in [5.74, 6) is 0.644. The zero-order chi connectivity index (χ0) is 21.5. The van der Waals surface area contributed by atoms with Gasteiger partial charge in [-0.1, -0.05) is 19.9 Å². The number of nitrogens with zero attached hydrogens (tertiary/aromatic N) is 1. The maximum Gasteiger partial charge on any atom is 0.124 e. The summed E-state index contributed by atoms with van der Waals surface area (Å²) in [5.41, 5.74) is 0.760. The van der Waals surface area contributed by atoms with Gasteiger partial charge in [-0.3, -0.25) is 0 Å². The molecule has 0 bridgehead atoms. The summed E-state index contributed by atoms with van der Waals surface area (Å²) in [6.45, 7) is 6.70. The van der Waals surface area contributed by atoms with Crippen LogP contribution in [0.15, 0.2) is 18.2 Å². The quantitative estimate of drug-likeness (QED) is 0.404. The second-order valence-electron chi connectivity index (χ2n) is 7.11. The molecule has 164 valence electrons. The molecule has 0 aliphatic carbocycles. The summed E-state index contributed by atoms with van der Waals surface area (Å²) in [4.78, 5) is 0. The average molecular weight is 410 g/mol. The number of hydrogen-bond acceptors (Lipinski definition) is 7. The van der Waals surface area contributed by atoms with Crippen LogP contribution in [0.5, 0.6) is 5.75 Å². The van der Waals surface area contributed by atoms with Crippen molar-refractivity contribution in [1.29, 1.82) is 5.26 Å². The molecule has 0 saturated carbocycles. The fraction of sp³-hybridized carbons (Fsp3) is 0.682. The molecule has 0 fully saturated rings. The second kappa shape index (κ2) is 14.3. The molecular weight excluding hydrogens is 374 g/mol. The van der Waals surface area contributed by atoms with E-state index < -0.39 is 5.41 Å². The third-order valence-corrected chi connectivity index (χ3v) is 4.95. The predicted octanol–water partition coefficient (Wildman–Crippen LogP) is 2.43. The molecule has 1 aromatic rings. The van der Waals surface area contributed by atoms with Gasteiger partial charge in [0.15, 0.2) is 0 Å². The molecule has 0 aromatic heterocycles. The van der Waals surface area contributed by atoms with Gasteiger partial charge in [-0.2, -0.15) is 5.26 Å². The Labute approximate surface area is 174 Å². The third kappa shape index (κ3) is 7.92. The van der Waals surface area contributed by atoms with Gasteiger partial charge in [-0.05, 0) is 36.5 Å². The van der Waals surface area contributed by atoms with E-state index in [1.165, 1.54) is 0 Å². The minimum atomic E-state index is -0.711. The van der Waals surface area contributed by atoms with Gasteiger partial charge in [0.2, 0.25) is 0 Å². The zero-order valence-electron chi connectivity index (χ0n) is 17.9. The summed E-state index contributed by atoms with van der Waals surface area (Å²) in [7, 11) is 1.63. The third-order valence-electron chi connectivity index (χ3n) is 4.95. The normalized spacial score (nSPS) is 13.3. The average Bonchev–Trinajstić information content (AvgIpc) is 2.73. The maximum absolute atomic E-state index is 9.89. The van der Waals surface area contributed by atoms with Gasteiger partial charge in [0.05, 0.1) is 51.1 Å². The summed E-state index contributed by atoms with van der Waals surface area (Å²) >= 11 is 0. The van der Waals surface area contributed by atoms with Crippen molar-refractivity contribution in [1.82, 2.24) is 0 Å². The van der Waals surface area contributed by atoms with Gasteiger partial charge in [0, 0.05) is 19.3 Å². The number of aliphatic hydroxyl groups is 2. The first-order valence-electron chi connectivity index (χ1n) is 10.1. The van der Waals surface area contributed by atoms with Crippen LogP contribution in [0.3, 0.4) is 0 Å². The van der Waals surface area contributed by atoms with E-state index in [0.29, 0.717) is 63.8 Å². The molecule has 1 aromatic carbocycles. The highest BCUT2D eigenvalue weighted by atomic mass is 16.6. The lowest BCUT2D eigenvalue weighted by Crippen LogP contribution is -2.31. The van der Waals surface area contributed by atoms with Crippen LogP contribution >= 0.6 is 0 Å². The van der Waals surface area contributed by atoms with Crippen molar-refractivity contribution in [3.05, 3.63) is 29.3 Å². The predicted molar refractivity (Wildman–Crippen MR) is 110 cm³/mol. The van der Waals surface area contributed by atoms with Gasteiger partial charge in [-0.25, -0.2) is 0 Å². The lowest BCUT2D eigenvalue weighted by Gasteiger charge is -2.32. The van der Waals surface area contributed by atoms with Crippen LogP contribution < -0.4 is 4.74 Å². The molecule has 2 N–H and O–H groups in total. The number of nitriles is 1. The summed E-state index contributed by atoms with van der Waals surface area (Å²) in [6, 6.07) is 7.95. The fourth-order valence-corrected chi connectivity index (χ4v) is 3.17. The van der Waals surface area contributed by atoms with E-state index in [-0.39, 0.29) is 19.1 Å². The molecule has 29 heavy (non-hydrogen) atoms. The van der Waals surface area contributed by atoms with E-state index in [1.54, 1.807) is 13.2 Å². The number of ether oxygens (including phenoxy) is 4. The van der Waals surface area contributed by atoms with Gasteiger partial charge < -0.3 is 29.2 Å². The first-order chi connectivity index (χ1) is 14.1. The van der Waals surface area contributed by atoms with E-state index in [2.05, 4.69) is 6.07 Å². The molecule has 1 unspecified atom stereocenters. The van der Waals surface area contributed by atoms with Crippen molar-refractivity contribution in [3.8, 4) is 11.8 Å². The van der Waals surface area contributed by atoms with Gasteiger partial charge in [0.1, 0.15) is 12.4 Å². The molecular formula is C22H35NO6. The van der Waals surface area contributed by atoms with Crippen molar-refractivity contribution >= 4 is 0 Å². The fourth-order valence-electron chi connectivity index (χ4n) is 3.17. The Balaban J connectivity index is 2.65. The van der Waals surface area contributed by atoms with E-state index >= 15 is 0 Å². The zero-order valence-corrected chi connectivity index (χ0v) is 17.9. The highest BCUT2D eigenvalue weighted by Gasteiger charge is 2.36. The van der Waals surface area contributed by atoms with Gasteiger partial charge in [0.25, 0.3) is 0 Å². The first kappa shape index (κ1) is 25.3. The Kier molecular flexibility index (Phi) is 12.5. The van der Waals surface area contributed by atoms with Crippen molar-refractivity contribution in [3.63, 3.8) is 0 Å². The van der Waals surface area contributed by atoms with Crippen molar-refractivity contribution in [2.75, 3.05) is 53.4 Å². The van der Waals surface area contributed by atoms with Crippen LogP contribution in [0, 0.1) is 17.2 Å². The largest absolute Gasteiger partial charge is 0.491 e. The second-order valence-corrected chi connectivity index (χ2v) is 7.11. The lowest BCUT2D eigenvalue weighted by molar-refractivity contribution is 0.0178. The van der Waals surface area contributed by atoms with Crippen LogP contribution in [0.1, 0.15) is 37.8 Å². The Morgan fingerprint density at radius 1 is 1.03 bits per heavy atom. The molecule has 0 spiro atoms. The maximum atomic E-state index is 9.89. The Bertz CT molecular complexity index is 616. The Hall–Kier alpha value is -1.69. The first-order valence-corrected chi connectivity index (χ1v) is 10.1. The van der Waals surface area contributed by atoms with Crippen LogP contribution in [0.2, 0.25) is 0 Å². The van der Waals surface area contributed by atoms with E-state index in [1.807, 2.05) is 26.0 Å². The highest BCUT2D eigenvalue weighted by molar-refractivity contribution is 5.43. The van der Waals surface area contributed by atoms with Crippen molar-refractivity contribution in [2.45, 2.75) is 38.7 Å². The molecule has 0 saturated heterocycles. The number of aliphatic hydroxyl groups excluding tert-OH is 2. The molecule has 7 heteroatoms. The molecule has 1 atom stereocenters. The van der Waals surface area contributed by atoms with Crippen LogP contribution in [0.25, 0.3) is 0 Å². The van der Waals surface area contributed by atoms with Crippen LogP contribution in [0.4, 0.5) is 0 Å². The molecule has 0 heterocycles. The Morgan fingerprint density at radius 3 is 2.24 bits per heavy atom. The lowest BCUT2D eigenvalue weighted by atomic mass is 9.69. The minimum Gasteiger partial charge on any atom is -0.491 e. The number of hydrogen-bond donors (Lipinski definition) is 2. The minimum absolute atomic E-state index is 0.0433. The number of methoxy groups -OCH3 is 1. The van der Waals surface area contributed by atoms with E-state index in [0.717, 1.165) is 5.56 Å². The Morgan fingerprint density at radius 2 is 1.69 bits per heavy atom. The monoisotopic (exact) mass is 409 g/mol. The van der Waals surface area contributed by atoms with Gasteiger partial charge >= 0.3 is 0 Å². The topological polar surface area (TPSA) is 101 Å². The van der Waals surface area contributed by atoms with Crippen LogP contribution in [-0.4, -0.2) is 63.6 Å². The van der Waals surface area contributed by atoms with Crippen molar-refractivity contribution in [2.24, 2.45) is 5.92 Å². The smallest absolute Gasteiger partial charge is 0.124 e. The number of rotatable bonds is 16. The summed E-state index contributed by atoms with van der Waals surface area (Å²) in [5, 5.41) is 28.9. The van der Waals surface area contributed by atoms with Crippen LogP contribution in [-0.2, 0) is 26.2 Å².